The van der Waals surface area contributed by atoms with Crippen molar-refractivity contribution in [1.82, 2.24) is 10.3 Å². The molecule has 0 aliphatic heterocycles. The van der Waals surface area contributed by atoms with Gasteiger partial charge in [-0.2, -0.15) is 5.21 Å². The van der Waals surface area contributed by atoms with E-state index in [4.69, 9.17) is 17.2 Å². The maximum Gasteiger partial charge on any atom is 0.232 e. The zero-order valence-electron chi connectivity index (χ0n) is 7.69. The molecule has 0 spiro atoms. The molecule has 0 heterocycles. The Balaban J connectivity index is 3.35. The molecule has 0 aromatic heterocycles. The largest absolute Gasteiger partial charge is 0.573 e. The van der Waals surface area contributed by atoms with Gasteiger partial charge in [0.25, 0.3) is 0 Å². The van der Waals surface area contributed by atoms with Crippen LogP contribution in [0, 0.1) is 5.21 Å². The molecule has 0 bridgehead atoms. The van der Waals surface area contributed by atoms with Crippen LogP contribution in [0.1, 0.15) is 0 Å². The minimum atomic E-state index is -1.84. The molecular weight excluding hydrogens is 186 g/mol. The van der Waals surface area contributed by atoms with E-state index in [-0.39, 0.29) is 17.1 Å². The summed E-state index contributed by atoms with van der Waals surface area (Å²) in [5, 5.41) is 20.7. The van der Waals surface area contributed by atoms with E-state index in [9.17, 15) is 10.4 Å². The van der Waals surface area contributed by atoms with Gasteiger partial charge in [-0.05, 0) is 12.1 Å². The lowest BCUT2D eigenvalue weighted by Gasteiger charge is -2.32. The van der Waals surface area contributed by atoms with Crippen LogP contribution in [-0.4, -0.2) is 12.3 Å². The van der Waals surface area contributed by atoms with Gasteiger partial charge >= 0.3 is 0 Å². The maximum atomic E-state index is 11.4. The molecule has 1 atom stereocenters. The van der Waals surface area contributed by atoms with E-state index >= 15 is 0 Å². The van der Waals surface area contributed by atoms with Crippen molar-refractivity contribution in [2.24, 2.45) is 0 Å². The van der Waals surface area contributed by atoms with Crippen molar-refractivity contribution in [3.63, 3.8) is 0 Å². The van der Waals surface area contributed by atoms with Gasteiger partial charge in [-0.1, -0.05) is 0 Å². The van der Waals surface area contributed by atoms with E-state index in [0.29, 0.717) is 5.69 Å². The van der Waals surface area contributed by atoms with Crippen LogP contribution in [0.25, 0.3) is 0 Å². The van der Waals surface area contributed by atoms with Crippen molar-refractivity contribution in [1.29, 1.82) is 0 Å². The number of nitrogen functional groups attached to an aromatic ring is 3. The Morgan fingerprint density at radius 3 is 2.07 bits per heavy atom. The lowest BCUT2D eigenvalue weighted by atomic mass is 10.2. The standard InChI is InChI=1S/C7H13N5O2/c1-11-12(13,14)7-5(9)2-4(8)3-6(7)10/h2-3,11,13H,8-10H2,1H3. The zero-order chi connectivity index (χ0) is 10.9. The summed E-state index contributed by atoms with van der Waals surface area (Å²) in [5.41, 5.74) is 18.8. The molecule has 0 radical (unpaired) electrons. The van der Waals surface area contributed by atoms with Gasteiger partial charge in [-0.15, -0.1) is 10.3 Å². The van der Waals surface area contributed by atoms with Gasteiger partial charge in [0.05, 0.1) is 0 Å². The molecule has 7 heteroatoms. The minimum Gasteiger partial charge on any atom is -0.573 e. The molecule has 0 saturated heterocycles. The second-order valence-electron chi connectivity index (χ2n) is 2.85. The molecule has 0 fully saturated rings. The Bertz CT molecular complexity index is 329. The van der Waals surface area contributed by atoms with Crippen LogP contribution in [0.15, 0.2) is 12.1 Å². The van der Waals surface area contributed by atoms with Crippen molar-refractivity contribution in [2.45, 2.75) is 0 Å². The third kappa shape index (κ3) is 1.70. The highest BCUT2D eigenvalue weighted by Crippen LogP contribution is 2.34. The molecule has 1 aromatic rings. The highest BCUT2D eigenvalue weighted by atomic mass is 16.9. The summed E-state index contributed by atoms with van der Waals surface area (Å²) < 4.78 is 0. The predicted octanol–water partition coefficient (Wildman–Crippen LogP) is -0.238. The first-order valence-electron chi connectivity index (χ1n) is 3.85. The number of nitrogens with one attached hydrogen (secondary N) is 1. The number of anilines is 3. The topological polar surface area (TPSA) is 133 Å². The number of nitrogens with two attached hydrogens (primary N) is 3. The summed E-state index contributed by atoms with van der Waals surface area (Å²) in [6.45, 7) is 0. The van der Waals surface area contributed by atoms with Crippen molar-refractivity contribution >= 4 is 22.7 Å². The molecule has 1 unspecified atom stereocenters. The van der Waals surface area contributed by atoms with Gasteiger partial charge in [0.2, 0.25) is 5.69 Å². The first-order valence-corrected chi connectivity index (χ1v) is 3.85. The van der Waals surface area contributed by atoms with E-state index in [0.717, 1.165) is 0 Å². The average Bonchev–Trinajstić information content (AvgIpc) is 2.01. The summed E-state index contributed by atoms with van der Waals surface area (Å²) >= 11 is 0. The van der Waals surface area contributed by atoms with Crippen LogP contribution >= 0.6 is 0 Å². The molecule has 1 rings (SSSR count). The summed E-state index contributed by atoms with van der Waals surface area (Å²) in [4.78, 5) is -1.84. The Morgan fingerprint density at radius 2 is 1.71 bits per heavy atom. The van der Waals surface area contributed by atoms with E-state index in [1.54, 1.807) is 0 Å². The lowest BCUT2D eigenvalue weighted by molar-refractivity contribution is -0.0693. The van der Waals surface area contributed by atoms with Gasteiger partial charge in [0.1, 0.15) is 11.4 Å². The third-order valence-electron chi connectivity index (χ3n) is 1.80. The lowest BCUT2D eigenvalue weighted by Crippen LogP contribution is -2.50. The molecule has 8 N–H and O–H groups in total. The first-order chi connectivity index (χ1) is 6.38. The minimum absolute atomic E-state index is 0.0364. The Morgan fingerprint density at radius 1 is 1.29 bits per heavy atom. The van der Waals surface area contributed by atoms with E-state index in [2.05, 4.69) is 5.43 Å². The fourth-order valence-electron chi connectivity index (χ4n) is 1.17. The molecule has 0 amide bonds. The van der Waals surface area contributed by atoms with Crippen LogP contribution in [0.2, 0.25) is 0 Å². The number of nitrogens with zero attached hydrogens (tertiary/aromatic N) is 1. The number of benzene rings is 1. The highest BCUT2D eigenvalue weighted by Gasteiger charge is 2.23. The van der Waals surface area contributed by atoms with Crippen LogP contribution in [-0.2, 0) is 0 Å². The van der Waals surface area contributed by atoms with E-state index in [1.165, 1.54) is 19.2 Å². The molecule has 1 aromatic carbocycles. The fourth-order valence-corrected chi connectivity index (χ4v) is 1.17. The summed E-state index contributed by atoms with van der Waals surface area (Å²) in [5.74, 6) is 0. The molecule has 7 nitrogen and oxygen atoms in total. The predicted molar refractivity (Wildman–Crippen MR) is 55.7 cm³/mol. The van der Waals surface area contributed by atoms with Gasteiger partial charge in [0.15, 0.2) is 0 Å². The normalized spacial score (nSPS) is 15.1. The number of quaternary nitrogens is 1. The summed E-state index contributed by atoms with van der Waals surface area (Å²) in [7, 11) is 1.28. The third-order valence-corrected chi connectivity index (χ3v) is 1.80. The second-order valence-corrected chi connectivity index (χ2v) is 2.85. The molecule has 78 valence electrons. The molecule has 0 saturated carbocycles. The smallest absolute Gasteiger partial charge is 0.232 e. The number of hydrogen-bond acceptors (Lipinski definition) is 6. The Kier molecular flexibility index (Phi) is 2.49. The SMILES string of the molecule is CN[N+]([O-])(O)c1c(N)cc(N)cc1N. The monoisotopic (exact) mass is 199 g/mol. The molecular formula is C7H13N5O2. The fraction of sp³-hybridized carbons (Fsp3) is 0.143. The summed E-state index contributed by atoms with van der Waals surface area (Å²) in [6, 6.07) is 2.70. The number of rotatable bonds is 2. The number of hydrogen-bond donors (Lipinski definition) is 5. The molecule has 0 aliphatic rings. The van der Waals surface area contributed by atoms with Crippen LogP contribution in [0.5, 0.6) is 0 Å². The van der Waals surface area contributed by atoms with Crippen molar-refractivity contribution < 1.29 is 5.21 Å². The van der Waals surface area contributed by atoms with Crippen LogP contribution in [0.4, 0.5) is 22.7 Å². The summed E-state index contributed by atoms with van der Waals surface area (Å²) in [6.07, 6.45) is 0. The van der Waals surface area contributed by atoms with E-state index < -0.39 is 4.92 Å². The van der Waals surface area contributed by atoms with Crippen LogP contribution in [0.3, 0.4) is 0 Å². The average molecular weight is 199 g/mol. The zero-order valence-corrected chi connectivity index (χ0v) is 7.69. The van der Waals surface area contributed by atoms with Gasteiger partial charge in [0, 0.05) is 12.7 Å². The molecule has 0 aliphatic carbocycles. The van der Waals surface area contributed by atoms with Gasteiger partial charge in [-0.3, -0.25) is 0 Å². The Labute approximate surface area is 80.8 Å². The van der Waals surface area contributed by atoms with Gasteiger partial charge < -0.3 is 22.4 Å². The van der Waals surface area contributed by atoms with E-state index in [1.807, 2.05) is 0 Å². The maximum absolute atomic E-state index is 11.4. The van der Waals surface area contributed by atoms with Crippen molar-refractivity contribution in [3.05, 3.63) is 17.3 Å². The Hall–Kier alpha value is -1.54. The van der Waals surface area contributed by atoms with Crippen molar-refractivity contribution in [3.8, 4) is 0 Å². The van der Waals surface area contributed by atoms with Crippen LogP contribution < -0.4 is 27.5 Å². The molecule has 14 heavy (non-hydrogen) atoms. The quantitative estimate of drug-likeness (QED) is 0.253. The van der Waals surface area contributed by atoms with Crippen molar-refractivity contribution in [2.75, 3.05) is 24.2 Å². The first kappa shape index (κ1) is 10.5. The second kappa shape index (κ2) is 3.31. The van der Waals surface area contributed by atoms with Gasteiger partial charge in [-0.25, -0.2) is 0 Å². The highest BCUT2D eigenvalue weighted by molar-refractivity contribution is 5.82.